The number of nitrogens with zero attached hydrogens (tertiary/aromatic N) is 4. The lowest BCUT2D eigenvalue weighted by molar-refractivity contribution is -0.138. The highest BCUT2D eigenvalue weighted by Gasteiger charge is 2.35. The van der Waals surface area contributed by atoms with E-state index in [0.717, 1.165) is 12.0 Å². The second kappa shape index (κ2) is 7.22. The van der Waals surface area contributed by atoms with Crippen molar-refractivity contribution in [2.75, 3.05) is 18.0 Å². The molecule has 1 fully saturated rings. The van der Waals surface area contributed by atoms with Crippen LogP contribution in [0.5, 0.6) is 0 Å². The van der Waals surface area contributed by atoms with E-state index in [9.17, 15) is 9.59 Å². The zero-order valence-electron chi connectivity index (χ0n) is 14.8. The highest BCUT2D eigenvalue weighted by Crippen LogP contribution is 2.32. The topological polar surface area (TPSA) is 105 Å². The van der Waals surface area contributed by atoms with Crippen LogP contribution in [0.15, 0.2) is 46.1 Å². The molecule has 1 aromatic heterocycles. The molecule has 2 N–H and O–H groups in total. The van der Waals surface area contributed by atoms with Crippen molar-refractivity contribution < 1.29 is 14.0 Å². The molecule has 8 heteroatoms. The van der Waals surface area contributed by atoms with Crippen LogP contribution >= 0.6 is 0 Å². The molecular weight excluding hydrogens is 346 g/mol. The van der Waals surface area contributed by atoms with Crippen LogP contribution < -0.4 is 10.6 Å². The number of primary amides is 1. The Hall–Kier alpha value is -3.16. The van der Waals surface area contributed by atoms with Gasteiger partial charge in [-0.3, -0.25) is 9.59 Å². The average Bonchev–Trinajstić information content (AvgIpc) is 3.38. The molecule has 0 bridgehead atoms. The summed E-state index contributed by atoms with van der Waals surface area (Å²) in [7, 11) is 0. The van der Waals surface area contributed by atoms with E-state index in [-0.39, 0.29) is 23.6 Å². The molecule has 8 nitrogen and oxygen atoms in total. The maximum absolute atomic E-state index is 13.0. The predicted molar refractivity (Wildman–Crippen MR) is 99.1 cm³/mol. The van der Waals surface area contributed by atoms with Gasteiger partial charge in [-0.2, -0.15) is 10.1 Å². The minimum atomic E-state index is -0.617. The molecule has 0 radical (unpaired) electrons. The molecule has 1 unspecified atom stereocenters. The van der Waals surface area contributed by atoms with Crippen LogP contribution in [0.2, 0.25) is 0 Å². The van der Waals surface area contributed by atoms with Crippen LogP contribution in [0.4, 0.5) is 6.01 Å². The molecule has 3 heterocycles. The normalized spacial score (nSPS) is 20.2. The monoisotopic (exact) mass is 367 g/mol. The summed E-state index contributed by atoms with van der Waals surface area (Å²) in [6, 6.07) is 10.3. The molecule has 140 valence electrons. The summed E-state index contributed by atoms with van der Waals surface area (Å²) < 4.78 is 5.33. The first-order valence-corrected chi connectivity index (χ1v) is 9.04. The quantitative estimate of drug-likeness (QED) is 0.889. The highest BCUT2D eigenvalue weighted by molar-refractivity contribution is 5.90. The van der Waals surface area contributed by atoms with Crippen molar-refractivity contribution in [3.63, 3.8) is 0 Å². The third kappa shape index (κ3) is 3.42. The lowest BCUT2D eigenvalue weighted by Crippen LogP contribution is -2.41. The first-order chi connectivity index (χ1) is 13.1. The Balaban J connectivity index is 1.39. The van der Waals surface area contributed by atoms with Gasteiger partial charge in [0.2, 0.25) is 5.91 Å². The number of oxazole rings is 1. The van der Waals surface area contributed by atoms with Gasteiger partial charge in [-0.25, -0.2) is 5.01 Å². The first-order valence-electron chi connectivity index (χ1n) is 9.04. The van der Waals surface area contributed by atoms with Gasteiger partial charge in [-0.1, -0.05) is 30.3 Å². The molecule has 0 aliphatic carbocycles. The first kappa shape index (κ1) is 17.3. The zero-order chi connectivity index (χ0) is 18.8. The van der Waals surface area contributed by atoms with E-state index in [2.05, 4.69) is 10.1 Å². The summed E-state index contributed by atoms with van der Waals surface area (Å²) in [5, 5.41) is 5.96. The third-order valence-corrected chi connectivity index (χ3v) is 5.10. The van der Waals surface area contributed by atoms with E-state index in [1.807, 2.05) is 41.4 Å². The van der Waals surface area contributed by atoms with Crippen molar-refractivity contribution >= 4 is 24.0 Å². The third-order valence-electron chi connectivity index (χ3n) is 5.10. The number of carbonyl (C=O) groups is 2. The summed E-state index contributed by atoms with van der Waals surface area (Å²) in [5.41, 5.74) is 6.41. The Labute approximate surface area is 156 Å². The number of hydrogen-bond donors (Lipinski definition) is 1. The highest BCUT2D eigenvalue weighted by atomic mass is 16.4. The van der Waals surface area contributed by atoms with Gasteiger partial charge in [0.05, 0.1) is 6.04 Å². The molecule has 2 aromatic rings. The van der Waals surface area contributed by atoms with E-state index in [1.165, 1.54) is 6.26 Å². The van der Waals surface area contributed by atoms with Crippen molar-refractivity contribution in [3.8, 4) is 0 Å². The zero-order valence-corrected chi connectivity index (χ0v) is 14.8. The number of hydrazone groups is 1. The van der Waals surface area contributed by atoms with Crippen LogP contribution in [0.3, 0.4) is 0 Å². The Bertz CT molecular complexity index is 855. The van der Waals surface area contributed by atoms with Gasteiger partial charge >= 0.3 is 0 Å². The fourth-order valence-corrected chi connectivity index (χ4v) is 3.61. The lowest BCUT2D eigenvalue weighted by atomic mass is 9.94. The van der Waals surface area contributed by atoms with Gasteiger partial charge in [0.1, 0.15) is 6.26 Å². The average molecular weight is 367 g/mol. The summed E-state index contributed by atoms with van der Waals surface area (Å²) in [6.07, 6.45) is 5.17. The second-order valence-electron chi connectivity index (χ2n) is 6.78. The maximum Gasteiger partial charge on any atom is 0.297 e. The number of aromatic nitrogens is 1. The molecule has 0 spiro atoms. The summed E-state index contributed by atoms with van der Waals surface area (Å²) in [5.74, 6) is -0.648. The molecule has 2 amide bonds. The van der Waals surface area contributed by atoms with E-state index >= 15 is 0 Å². The van der Waals surface area contributed by atoms with Gasteiger partial charge in [0, 0.05) is 31.6 Å². The molecule has 1 aromatic carbocycles. The summed E-state index contributed by atoms with van der Waals surface area (Å²) in [4.78, 5) is 30.2. The second-order valence-corrected chi connectivity index (χ2v) is 6.78. The number of amides is 2. The van der Waals surface area contributed by atoms with Crippen molar-refractivity contribution in [2.45, 2.75) is 25.3 Å². The number of anilines is 1. The number of rotatable bonds is 4. The fraction of sp³-hybridized carbons (Fsp3) is 0.368. The number of hydrogen-bond acceptors (Lipinski definition) is 6. The Kier molecular flexibility index (Phi) is 4.62. The predicted octanol–water partition coefficient (Wildman–Crippen LogP) is 1.95. The molecule has 0 saturated carbocycles. The van der Waals surface area contributed by atoms with Crippen LogP contribution in [-0.4, -0.2) is 41.1 Å². The Morgan fingerprint density at radius 2 is 1.89 bits per heavy atom. The molecule has 2 aliphatic rings. The van der Waals surface area contributed by atoms with Crippen molar-refractivity contribution in [1.29, 1.82) is 0 Å². The number of benzene rings is 1. The van der Waals surface area contributed by atoms with Gasteiger partial charge in [0.25, 0.3) is 11.9 Å². The van der Waals surface area contributed by atoms with Crippen LogP contribution in [0.1, 0.15) is 41.4 Å². The van der Waals surface area contributed by atoms with Gasteiger partial charge in [0.15, 0.2) is 5.69 Å². The molecule has 1 saturated heterocycles. The Morgan fingerprint density at radius 1 is 1.15 bits per heavy atom. The Morgan fingerprint density at radius 3 is 2.56 bits per heavy atom. The molecule has 2 aliphatic heterocycles. The number of nitrogens with two attached hydrogens (primary N) is 1. The van der Waals surface area contributed by atoms with Crippen molar-refractivity contribution in [2.24, 2.45) is 16.8 Å². The van der Waals surface area contributed by atoms with E-state index in [0.29, 0.717) is 31.9 Å². The molecule has 1 atom stereocenters. The van der Waals surface area contributed by atoms with Crippen LogP contribution in [0, 0.1) is 5.92 Å². The molecular formula is C19H21N5O3. The summed E-state index contributed by atoms with van der Waals surface area (Å²) in [6.45, 7) is 1.26. The summed E-state index contributed by atoms with van der Waals surface area (Å²) >= 11 is 0. The minimum Gasteiger partial charge on any atom is -0.431 e. The standard InChI is InChI=1S/C19H21N5O3/c20-17(25)15-12-27-19(22-15)23-10-7-14(8-11-23)18(26)24-16(6-9-21-24)13-4-2-1-3-5-13/h1-5,9,12,14,16H,6-8,10-11H2,(H2,20,25). The van der Waals surface area contributed by atoms with Gasteiger partial charge in [-0.05, 0) is 18.4 Å². The smallest absolute Gasteiger partial charge is 0.297 e. The van der Waals surface area contributed by atoms with Crippen LogP contribution in [0.25, 0.3) is 0 Å². The lowest BCUT2D eigenvalue weighted by Gasteiger charge is -2.33. The van der Waals surface area contributed by atoms with Crippen LogP contribution in [-0.2, 0) is 4.79 Å². The fourth-order valence-electron chi connectivity index (χ4n) is 3.61. The van der Waals surface area contributed by atoms with E-state index < -0.39 is 5.91 Å². The van der Waals surface area contributed by atoms with E-state index in [4.69, 9.17) is 10.2 Å². The molecule has 27 heavy (non-hydrogen) atoms. The van der Waals surface area contributed by atoms with Crippen molar-refractivity contribution in [3.05, 3.63) is 47.9 Å². The number of piperidine rings is 1. The maximum atomic E-state index is 13.0. The van der Waals surface area contributed by atoms with E-state index in [1.54, 1.807) is 5.01 Å². The molecule has 4 rings (SSSR count). The largest absolute Gasteiger partial charge is 0.431 e. The van der Waals surface area contributed by atoms with Gasteiger partial charge in [-0.15, -0.1) is 0 Å². The minimum absolute atomic E-state index is 0.0263. The van der Waals surface area contributed by atoms with Crippen molar-refractivity contribution in [1.82, 2.24) is 9.99 Å². The number of carbonyl (C=O) groups excluding carboxylic acids is 2. The van der Waals surface area contributed by atoms with Gasteiger partial charge < -0.3 is 15.1 Å². The SMILES string of the molecule is NC(=O)c1coc(N2CCC(C(=O)N3N=CCC3c3ccccc3)CC2)n1.